The molecule has 0 spiro atoms. The van der Waals surface area contributed by atoms with Crippen LogP contribution in [0.3, 0.4) is 0 Å². The van der Waals surface area contributed by atoms with Crippen LogP contribution in [0.1, 0.15) is 19.8 Å². The number of nitro groups is 1. The first kappa shape index (κ1) is 17.4. The van der Waals surface area contributed by atoms with Gasteiger partial charge in [0.25, 0.3) is 5.69 Å². The Bertz CT molecular complexity index is 704. The second kappa shape index (κ2) is 7.05. The number of carbonyl (C=O) groups is 1. The Morgan fingerprint density at radius 3 is 2.65 bits per heavy atom. The minimum Gasteiger partial charge on any atom is -0.341 e. The molecule has 0 N–H and O–H groups in total. The number of rotatable bonds is 4. The largest absolute Gasteiger partial charge is 0.341 e. The fourth-order valence-electron chi connectivity index (χ4n) is 2.51. The fraction of sp³-hybridized carbons (Fsp3) is 0.500. The lowest BCUT2D eigenvalue weighted by Crippen LogP contribution is -2.37. The van der Waals surface area contributed by atoms with Crippen LogP contribution in [0.15, 0.2) is 29.2 Å². The van der Waals surface area contributed by atoms with Crippen LogP contribution in [-0.2, 0) is 14.8 Å². The lowest BCUT2D eigenvalue weighted by molar-refractivity contribution is -0.385. The third kappa shape index (κ3) is 3.85. The molecule has 126 valence electrons. The van der Waals surface area contributed by atoms with Crippen LogP contribution in [0.4, 0.5) is 5.69 Å². The summed E-state index contributed by atoms with van der Waals surface area (Å²) in [5, 5.41) is 10.8. The highest BCUT2D eigenvalue weighted by atomic mass is 32.2. The van der Waals surface area contributed by atoms with Crippen molar-refractivity contribution in [3.8, 4) is 0 Å². The van der Waals surface area contributed by atoms with Gasteiger partial charge in [0, 0.05) is 44.7 Å². The van der Waals surface area contributed by atoms with Gasteiger partial charge in [-0.1, -0.05) is 13.0 Å². The zero-order valence-electron chi connectivity index (χ0n) is 12.8. The highest BCUT2D eigenvalue weighted by molar-refractivity contribution is 7.89. The Morgan fingerprint density at radius 2 is 2.00 bits per heavy atom. The topological polar surface area (TPSA) is 101 Å². The van der Waals surface area contributed by atoms with E-state index in [1.165, 1.54) is 22.5 Å². The van der Waals surface area contributed by atoms with Crippen molar-refractivity contribution in [1.29, 1.82) is 0 Å². The van der Waals surface area contributed by atoms with Gasteiger partial charge in [-0.2, -0.15) is 4.31 Å². The molecule has 1 aromatic rings. The number of nitrogens with zero attached hydrogens (tertiary/aromatic N) is 3. The van der Waals surface area contributed by atoms with Gasteiger partial charge in [0.2, 0.25) is 15.9 Å². The summed E-state index contributed by atoms with van der Waals surface area (Å²) in [6.07, 6.45) is 0.928. The summed E-state index contributed by atoms with van der Waals surface area (Å²) in [6.45, 7) is 3.11. The molecule has 0 aliphatic carbocycles. The molecular formula is C14H19N3O5S. The maximum atomic E-state index is 12.7. The number of nitro benzene ring substituents is 1. The monoisotopic (exact) mass is 341 g/mol. The molecule has 0 atom stereocenters. The van der Waals surface area contributed by atoms with E-state index >= 15 is 0 Å². The Balaban J connectivity index is 2.21. The molecule has 0 bridgehead atoms. The number of benzene rings is 1. The quantitative estimate of drug-likeness (QED) is 0.605. The number of non-ortho nitro benzene ring substituents is 1. The lowest BCUT2D eigenvalue weighted by Gasteiger charge is -2.21. The fourth-order valence-corrected chi connectivity index (χ4v) is 4.02. The zero-order chi connectivity index (χ0) is 17.0. The summed E-state index contributed by atoms with van der Waals surface area (Å²) in [7, 11) is -3.81. The average Bonchev–Trinajstić information content (AvgIpc) is 2.80. The van der Waals surface area contributed by atoms with Crippen molar-refractivity contribution >= 4 is 21.6 Å². The molecule has 8 nitrogen and oxygen atoms in total. The summed E-state index contributed by atoms with van der Waals surface area (Å²) < 4.78 is 26.6. The SMILES string of the molecule is CCC(=O)N1CCCN(S(=O)(=O)c2cccc([N+](=O)[O-])c2)CC1. The smallest absolute Gasteiger partial charge is 0.270 e. The zero-order valence-corrected chi connectivity index (χ0v) is 13.7. The normalized spacial score (nSPS) is 16.8. The van der Waals surface area contributed by atoms with Gasteiger partial charge in [-0.15, -0.1) is 0 Å². The Morgan fingerprint density at radius 1 is 1.26 bits per heavy atom. The summed E-state index contributed by atoms with van der Waals surface area (Å²) in [6, 6.07) is 5.02. The highest BCUT2D eigenvalue weighted by Crippen LogP contribution is 2.22. The van der Waals surface area contributed by atoms with Gasteiger partial charge in [0.1, 0.15) is 0 Å². The van der Waals surface area contributed by atoms with Gasteiger partial charge in [0.05, 0.1) is 9.82 Å². The van der Waals surface area contributed by atoms with Crippen LogP contribution in [0.25, 0.3) is 0 Å². The van der Waals surface area contributed by atoms with Gasteiger partial charge in [0.15, 0.2) is 0 Å². The van der Waals surface area contributed by atoms with E-state index in [-0.39, 0.29) is 23.0 Å². The number of sulfonamides is 1. The van der Waals surface area contributed by atoms with E-state index in [1.54, 1.807) is 11.8 Å². The molecule has 1 fully saturated rings. The first-order valence-electron chi connectivity index (χ1n) is 7.38. The Hall–Kier alpha value is -2.00. The van der Waals surface area contributed by atoms with Gasteiger partial charge in [-0.3, -0.25) is 14.9 Å². The van der Waals surface area contributed by atoms with Gasteiger partial charge < -0.3 is 4.90 Å². The molecule has 0 saturated carbocycles. The summed E-state index contributed by atoms with van der Waals surface area (Å²) in [5.74, 6) is -0.000373. The third-order valence-electron chi connectivity index (χ3n) is 3.78. The van der Waals surface area contributed by atoms with Crippen molar-refractivity contribution in [1.82, 2.24) is 9.21 Å². The number of amides is 1. The van der Waals surface area contributed by atoms with Crippen LogP contribution >= 0.6 is 0 Å². The van der Waals surface area contributed by atoms with E-state index < -0.39 is 14.9 Å². The van der Waals surface area contributed by atoms with Crippen LogP contribution in [0, 0.1) is 10.1 Å². The molecule has 23 heavy (non-hydrogen) atoms. The average molecular weight is 341 g/mol. The molecular weight excluding hydrogens is 322 g/mol. The molecule has 0 unspecified atom stereocenters. The first-order chi connectivity index (χ1) is 10.9. The second-order valence-electron chi connectivity index (χ2n) is 5.25. The molecule has 2 rings (SSSR count). The van der Waals surface area contributed by atoms with E-state index in [1.807, 2.05) is 0 Å². The molecule has 0 radical (unpaired) electrons. The summed E-state index contributed by atoms with van der Waals surface area (Å²) >= 11 is 0. The predicted octanol–water partition coefficient (Wildman–Crippen LogP) is 1.23. The van der Waals surface area contributed by atoms with E-state index in [2.05, 4.69) is 0 Å². The molecule has 1 aliphatic heterocycles. The van der Waals surface area contributed by atoms with E-state index in [0.717, 1.165) is 6.07 Å². The third-order valence-corrected chi connectivity index (χ3v) is 5.67. The highest BCUT2D eigenvalue weighted by Gasteiger charge is 2.28. The number of hydrogen-bond donors (Lipinski definition) is 0. The molecule has 1 aromatic carbocycles. The van der Waals surface area contributed by atoms with Crippen molar-refractivity contribution in [2.45, 2.75) is 24.7 Å². The summed E-state index contributed by atoms with van der Waals surface area (Å²) in [4.78, 5) is 23.5. The molecule has 1 amide bonds. The van der Waals surface area contributed by atoms with E-state index in [0.29, 0.717) is 32.5 Å². The van der Waals surface area contributed by atoms with E-state index in [4.69, 9.17) is 0 Å². The van der Waals surface area contributed by atoms with Crippen LogP contribution < -0.4 is 0 Å². The minimum atomic E-state index is -3.81. The van der Waals surface area contributed by atoms with Crippen molar-refractivity contribution < 1.29 is 18.1 Å². The molecule has 0 aromatic heterocycles. The molecule has 1 saturated heterocycles. The van der Waals surface area contributed by atoms with Crippen LogP contribution in [0.2, 0.25) is 0 Å². The van der Waals surface area contributed by atoms with Crippen molar-refractivity contribution in [2.24, 2.45) is 0 Å². The molecule has 1 aliphatic rings. The maximum absolute atomic E-state index is 12.7. The summed E-state index contributed by atoms with van der Waals surface area (Å²) in [5.41, 5.74) is -0.260. The van der Waals surface area contributed by atoms with E-state index in [9.17, 15) is 23.3 Å². The number of hydrogen-bond acceptors (Lipinski definition) is 5. The van der Waals surface area contributed by atoms with Crippen LogP contribution in [-0.4, -0.2) is 54.6 Å². The standard InChI is InChI=1S/C14H19N3O5S/c1-2-14(18)15-7-4-8-16(10-9-15)23(21,22)13-6-3-5-12(11-13)17(19)20/h3,5-6,11H,2,4,7-10H2,1H3. The van der Waals surface area contributed by atoms with Gasteiger partial charge in [-0.05, 0) is 12.5 Å². The van der Waals surface area contributed by atoms with Crippen molar-refractivity contribution in [2.75, 3.05) is 26.2 Å². The Kier molecular flexibility index (Phi) is 5.32. The second-order valence-corrected chi connectivity index (χ2v) is 7.18. The number of carbonyl (C=O) groups excluding carboxylic acids is 1. The minimum absolute atomic E-state index is 0.000373. The van der Waals surface area contributed by atoms with Gasteiger partial charge >= 0.3 is 0 Å². The van der Waals surface area contributed by atoms with Crippen molar-refractivity contribution in [3.05, 3.63) is 34.4 Å². The lowest BCUT2D eigenvalue weighted by atomic mass is 10.3. The molecule has 9 heteroatoms. The van der Waals surface area contributed by atoms with Crippen molar-refractivity contribution in [3.63, 3.8) is 0 Å². The predicted molar refractivity (Wildman–Crippen MR) is 83.3 cm³/mol. The maximum Gasteiger partial charge on any atom is 0.270 e. The van der Waals surface area contributed by atoms with Crippen LogP contribution in [0.5, 0.6) is 0 Å². The van der Waals surface area contributed by atoms with Gasteiger partial charge in [-0.25, -0.2) is 8.42 Å². The Labute approximate surface area is 134 Å². The first-order valence-corrected chi connectivity index (χ1v) is 8.82. The molecule has 1 heterocycles.